The Morgan fingerprint density at radius 3 is 2.53 bits per heavy atom. The second-order valence-electron chi connectivity index (χ2n) is 8.43. The van der Waals surface area contributed by atoms with Gasteiger partial charge in [0, 0.05) is 47.7 Å². The molecule has 0 saturated heterocycles. The molecule has 0 bridgehead atoms. The van der Waals surface area contributed by atoms with Gasteiger partial charge in [-0.2, -0.15) is 4.31 Å². The Bertz CT molecular complexity index is 1310. The Hall–Kier alpha value is -3.28. The fraction of sp³-hybridized carbons (Fsp3) is 0.273. The van der Waals surface area contributed by atoms with Crippen molar-refractivity contribution < 1.29 is 17.9 Å². The maximum Gasteiger partial charge on any atom is 0.321 e. The molecule has 3 N–H and O–H groups in total. The van der Waals surface area contributed by atoms with Crippen LogP contribution in [-0.4, -0.2) is 46.8 Å². The summed E-state index contributed by atoms with van der Waals surface area (Å²) in [7, 11) is -4.13. The molecule has 1 aromatic carbocycles. The van der Waals surface area contributed by atoms with Crippen LogP contribution < -0.4 is 10.2 Å². The van der Waals surface area contributed by atoms with Crippen LogP contribution in [-0.2, 0) is 26.1 Å². The summed E-state index contributed by atoms with van der Waals surface area (Å²) in [6.45, 7) is 4.57. The summed E-state index contributed by atoms with van der Waals surface area (Å²) in [5.74, 6) is -1.09. The molecule has 2 heterocycles. The Balaban J connectivity index is 2.02. The number of aromatic nitrogens is 2. The third-order valence-corrected chi connectivity index (χ3v) is 6.73. The monoisotopic (exact) mass is 504 g/mol. The number of nitrogens with zero attached hydrogens (tertiary/aromatic N) is 4. The zero-order chi connectivity index (χ0) is 25.1. The molecule has 10 nitrogen and oxygen atoms in total. The zero-order valence-electron chi connectivity index (χ0n) is 18.9. The number of guanidine groups is 1. The highest BCUT2D eigenvalue weighted by molar-refractivity contribution is 7.89. The molecule has 3 aromatic rings. The van der Waals surface area contributed by atoms with E-state index < -0.39 is 34.1 Å². The summed E-state index contributed by atoms with van der Waals surface area (Å²) >= 11 is 6.06. The number of rotatable bonds is 7. The minimum Gasteiger partial charge on any atom is -0.459 e. The molecule has 2 aromatic heterocycles. The third-order valence-electron chi connectivity index (χ3n) is 4.58. The van der Waals surface area contributed by atoms with Gasteiger partial charge in [-0.3, -0.25) is 20.2 Å². The molecule has 0 amide bonds. The number of carbonyl (C=O) groups excluding carboxylic acids is 1. The van der Waals surface area contributed by atoms with Crippen molar-refractivity contribution in [3.63, 3.8) is 0 Å². The van der Waals surface area contributed by atoms with E-state index in [0.29, 0.717) is 22.0 Å². The number of hydrogen-bond donors (Lipinski definition) is 2. The Morgan fingerprint density at radius 1 is 1.18 bits per heavy atom. The van der Waals surface area contributed by atoms with Crippen LogP contribution in [0.4, 0.5) is 5.69 Å². The van der Waals surface area contributed by atoms with E-state index in [1.807, 2.05) is 0 Å². The highest BCUT2D eigenvalue weighted by Crippen LogP contribution is 2.30. The van der Waals surface area contributed by atoms with Crippen LogP contribution in [0, 0.1) is 5.41 Å². The molecule has 180 valence electrons. The van der Waals surface area contributed by atoms with Crippen molar-refractivity contribution in [2.24, 2.45) is 5.73 Å². The van der Waals surface area contributed by atoms with E-state index in [1.165, 1.54) is 30.7 Å². The normalized spacial score (nSPS) is 12.0. The Morgan fingerprint density at radius 2 is 1.91 bits per heavy atom. The lowest BCUT2D eigenvalue weighted by molar-refractivity contribution is -0.155. The molecule has 0 saturated carbocycles. The number of pyridine rings is 2. The number of ether oxygens (including phenoxy) is 1. The average molecular weight is 505 g/mol. The number of sulfonamides is 1. The van der Waals surface area contributed by atoms with E-state index in [1.54, 1.807) is 45.2 Å². The molecule has 0 aliphatic heterocycles. The zero-order valence-corrected chi connectivity index (χ0v) is 20.5. The fourth-order valence-electron chi connectivity index (χ4n) is 3.17. The van der Waals surface area contributed by atoms with E-state index >= 15 is 0 Å². The molecular weight excluding hydrogens is 480 g/mol. The summed E-state index contributed by atoms with van der Waals surface area (Å²) < 4.78 is 34.5. The molecular formula is C22H25ClN6O4S. The van der Waals surface area contributed by atoms with Gasteiger partial charge in [-0.05, 0) is 44.5 Å². The van der Waals surface area contributed by atoms with Crippen molar-refractivity contribution >= 4 is 50.2 Å². The number of hydrogen-bond acceptors (Lipinski definition) is 7. The van der Waals surface area contributed by atoms with E-state index in [2.05, 4.69) is 9.97 Å². The van der Waals surface area contributed by atoms with Gasteiger partial charge in [-0.1, -0.05) is 12.1 Å². The first-order valence-electron chi connectivity index (χ1n) is 10.2. The maximum absolute atomic E-state index is 13.6. The van der Waals surface area contributed by atoms with Gasteiger partial charge < -0.3 is 10.5 Å². The van der Waals surface area contributed by atoms with Gasteiger partial charge in [0.1, 0.15) is 12.1 Å². The van der Waals surface area contributed by atoms with Gasteiger partial charge in [0.25, 0.3) is 0 Å². The van der Waals surface area contributed by atoms with Gasteiger partial charge in [-0.15, -0.1) is 0 Å². The first-order chi connectivity index (χ1) is 15.9. The molecule has 0 unspecified atom stereocenters. The molecule has 0 aliphatic carbocycles. The molecule has 34 heavy (non-hydrogen) atoms. The van der Waals surface area contributed by atoms with E-state index in [9.17, 15) is 13.2 Å². The van der Waals surface area contributed by atoms with Crippen LogP contribution in [0.15, 0.2) is 60.0 Å². The Kier molecular flexibility index (Phi) is 7.39. The molecule has 0 aliphatic rings. The number of nitrogens with two attached hydrogens (primary N) is 1. The van der Waals surface area contributed by atoms with Gasteiger partial charge >= 0.3 is 5.97 Å². The topological polar surface area (TPSA) is 143 Å². The van der Waals surface area contributed by atoms with E-state index in [0.717, 1.165) is 8.72 Å². The van der Waals surface area contributed by atoms with Crippen LogP contribution >= 0.6 is 11.8 Å². The smallest absolute Gasteiger partial charge is 0.321 e. The summed E-state index contributed by atoms with van der Waals surface area (Å²) in [4.78, 5) is 20.6. The van der Waals surface area contributed by atoms with Crippen LogP contribution in [0.25, 0.3) is 10.8 Å². The molecule has 0 radical (unpaired) electrons. The summed E-state index contributed by atoms with van der Waals surface area (Å²) in [5, 5.41) is 8.55. The SMILES string of the molecule is CC(C)(C)OC(=O)CN(Cc1cccnc1)S(=O)(=O)c1ccc2c(N(Cl)C(=N)N)cncc2c1. The Labute approximate surface area is 203 Å². The van der Waals surface area contributed by atoms with Crippen LogP contribution in [0.2, 0.25) is 0 Å². The van der Waals surface area contributed by atoms with Crippen LogP contribution in [0.5, 0.6) is 0 Å². The molecule has 12 heteroatoms. The van der Waals surface area contributed by atoms with Gasteiger partial charge in [-0.25, -0.2) is 12.8 Å². The highest BCUT2D eigenvalue weighted by Gasteiger charge is 2.29. The van der Waals surface area contributed by atoms with Crippen LogP contribution in [0.1, 0.15) is 26.3 Å². The summed E-state index contributed by atoms with van der Waals surface area (Å²) in [6, 6.07) is 7.78. The largest absolute Gasteiger partial charge is 0.459 e. The number of fused-ring (bicyclic) bond motifs is 1. The molecule has 0 spiro atoms. The number of halogens is 1. The first-order valence-corrected chi connectivity index (χ1v) is 11.9. The minimum atomic E-state index is -4.13. The second-order valence-corrected chi connectivity index (χ2v) is 10.7. The number of esters is 1. The number of benzene rings is 1. The number of carbonyl (C=O) groups is 1. The third kappa shape index (κ3) is 5.99. The maximum atomic E-state index is 13.6. The van der Waals surface area contributed by atoms with Crippen molar-refractivity contribution in [1.82, 2.24) is 14.3 Å². The van der Waals surface area contributed by atoms with Crippen molar-refractivity contribution in [2.45, 2.75) is 37.8 Å². The van der Waals surface area contributed by atoms with E-state index in [-0.39, 0.29) is 11.4 Å². The molecule has 0 fully saturated rings. The number of anilines is 1. The van der Waals surface area contributed by atoms with E-state index in [4.69, 9.17) is 27.7 Å². The number of nitrogens with one attached hydrogen (secondary N) is 1. The fourth-order valence-corrected chi connectivity index (χ4v) is 4.72. The molecule has 0 atom stereocenters. The molecule has 3 rings (SSSR count). The minimum absolute atomic E-state index is 0.0460. The average Bonchev–Trinajstić information content (AvgIpc) is 2.76. The highest BCUT2D eigenvalue weighted by atomic mass is 35.5. The van der Waals surface area contributed by atoms with Crippen molar-refractivity contribution in [3.05, 3.63) is 60.7 Å². The predicted molar refractivity (Wildman–Crippen MR) is 130 cm³/mol. The summed E-state index contributed by atoms with van der Waals surface area (Å²) in [5.41, 5.74) is 5.63. The first kappa shape index (κ1) is 25.3. The van der Waals surface area contributed by atoms with Crippen LogP contribution in [0.3, 0.4) is 0 Å². The predicted octanol–water partition coefficient (Wildman–Crippen LogP) is 3.02. The lowest BCUT2D eigenvalue weighted by Gasteiger charge is -2.25. The standard InChI is InChI=1S/C22H25ClN6O4S/c1-22(2,3)33-20(30)14-28(13-15-5-4-8-26-10-15)34(31,32)17-6-7-18-16(9-17)11-27-12-19(18)29(23)21(24)25/h4-12H,13-14H2,1-3H3,(H3,24,25). The quantitative estimate of drug-likeness (QED) is 0.216. The van der Waals surface area contributed by atoms with Crippen molar-refractivity contribution in [3.8, 4) is 0 Å². The van der Waals surface area contributed by atoms with Gasteiger partial charge in [0.05, 0.1) is 16.8 Å². The van der Waals surface area contributed by atoms with Crippen molar-refractivity contribution in [2.75, 3.05) is 11.0 Å². The lowest BCUT2D eigenvalue weighted by atomic mass is 10.1. The van der Waals surface area contributed by atoms with Crippen molar-refractivity contribution in [1.29, 1.82) is 5.41 Å². The van der Waals surface area contributed by atoms with Gasteiger partial charge in [0.2, 0.25) is 16.0 Å². The summed E-state index contributed by atoms with van der Waals surface area (Å²) in [6.07, 6.45) is 6.00. The lowest BCUT2D eigenvalue weighted by Crippen LogP contribution is -2.38. The van der Waals surface area contributed by atoms with Gasteiger partial charge in [0.15, 0.2) is 0 Å². The second kappa shape index (κ2) is 9.92.